The third-order valence-corrected chi connectivity index (χ3v) is 4.98. The highest BCUT2D eigenvalue weighted by atomic mass is 127. The first-order valence-corrected chi connectivity index (χ1v) is 9.31. The van der Waals surface area contributed by atoms with Gasteiger partial charge in [-0.2, -0.15) is 0 Å². The molecule has 0 radical (unpaired) electrons. The van der Waals surface area contributed by atoms with Gasteiger partial charge in [0.25, 0.3) is 0 Å². The molecular formula is C18H30INO. The minimum atomic E-state index is -0.0626. The van der Waals surface area contributed by atoms with E-state index < -0.39 is 0 Å². The maximum atomic E-state index is 6.22. The fourth-order valence-corrected chi connectivity index (χ4v) is 3.31. The zero-order chi connectivity index (χ0) is 15.7. The van der Waals surface area contributed by atoms with Crippen molar-refractivity contribution in [2.24, 2.45) is 0 Å². The van der Waals surface area contributed by atoms with Crippen molar-refractivity contribution >= 4 is 22.6 Å². The molecule has 1 N–H and O–H groups in total. The molecule has 0 spiro atoms. The zero-order valence-corrected chi connectivity index (χ0v) is 16.1. The summed E-state index contributed by atoms with van der Waals surface area (Å²) in [4.78, 5) is 0. The van der Waals surface area contributed by atoms with Gasteiger partial charge in [-0.3, -0.25) is 0 Å². The summed E-state index contributed by atoms with van der Waals surface area (Å²) in [5.74, 6) is 0. The first kappa shape index (κ1) is 18.9. The Bertz CT molecular complexity index is 387. The topological polar surface area (TPSA) is 21.3 Å². The third kappa shape index (κ3) is 5.53. The molecule has 1 atom stereocenters. The van der Waals surface area contributed by atoms with Gasteiger partial charge < -0.3 is 10.1 Å². The Hall–Kier alpha value is -0.130. The van der Waals surface area contributed by atoms with Crippen LogP contribution < -0.4 is 5.32 Å². The molecule has 0 aliphatic rings. The first-order chi connectivity index (χ1) is 10.1. The molecule has 0 saturated heterocycles. The molecule has 1 unspecified atom stereocenters. The van der Waals surface area contributed by atoms with Gasteiger partial charge in [0, 0.05) is 16.2 Å². The lowest BCUT2D eigenvalue weighted by Gasteiger charge is -2.40. The van der Waals surface area contributed by atoms with Crippen molar-refractivity contribution < 1.29 is 4.74 Å². The van der Waals surface area contributed by atoms with E-state index in [4.69, 9.17) is 4.74 Å². The average Bonchev–Trinajstić information content (AvgIpc) is 2.51. The van der Waals surface area contributed by atoms with Crippen LogP contribution in [0.4, 0.5) is 0 Å². The van der Waals surface area contributed by atoms with Crippen LogP contribution in [0.25, 0.3) is 0 Å². The maximum absolute atomic E-state index is 6.22. The van der Waals surface area contributed by atoms with Gasteiger partial charge in [-0.1, -0.05) is 32.9 Å². The molecule has 21 heavy (non-hydrogen) atoms. The van der Waals surface area contributed by atoms with Crippen LogP contribution in [0.15, 0.2) is 24.3 Å². The number of rotatable bonds is 10. The van der Waals surface area contributed by atoms with Crippen LogP contribution in [-0.2, 0) is 11.2 Å². The summed E-state index contributed by atoms with van der Waals surface area (Å²) in [5.41, 5.74) is 1.32. The predicted molar refractivity (Wildman–Crippen MR) is 99.9 cm³/mol. The largest absolute Gasteiger partial charge is 0.374 e. The van der Waals surface area contributed by atoms with Crippen molar-refractivity contribution in [1.29, 1.82) is 0 Å². The van der Waals surface area contributed by atoms with Crippen molar-refractivity contribution in [2.45, 2.75) is 65.0 Å². The van der Waals surface area contributed by atoms with E-state index in [1.165, 1.54) is 9.13 Å². The normalized spacial score (nSPS) is 13.4. The van der Waals surface area contributed by atoms with Crippen molar-refractivity contribution in [3.05, 3.63) is 33.4 Å². The summed E-state index contributed by atoms with van der Waals surface area (Å²) in [6.07, 6.45) is 4.27. The lowest BCUT2D eigenvalue weighted by Crippen LogP contribution is -2.53. The van der Waals surface area contributed by atoms with Gasteiger partial charge >= 0.3 is 0 Å². The van der Waals surface area contributed by atoms with Crippen molar-refractivity contribution in [3.8, 4) is 0 Å². The SMILES string of the molecule is CCCNC(Cc1ccc(I)cc1)C(CC)(CC)OCC. The van der Waals surface area contributed by atoms with Crippen LogP contribution in [0.1, 0.15) is 52.5 Å². The van der Waals surface area contributed by atoms with E-state index in [2.05, 4.69) is 79.9 Å². The van der Waals surface area contributed by atoms with Crippen LogP contribution in [0.2, 0.25) is 0 Å². The number of nitrogens with one attached hydrogen (secondary N) is 1. The summed E-state index contributed by atoms with van der Waals surface area (Å²) < 4.78 is 7.51. The van der Waals surface area contributed by atoms with E-state index in [0.717, 1.165) is 38.8 Å². The quantitative estimate of drug-likeness (QED) is 0.567. The number of hydrogen-bond acceptors (Lipinski definition) is 2. The van der Waals surface area contributed by atoms with Crippen molar-refractivity contribution in [3.63, 3.8) is 0 Å². The van der Waals surface area contributed by atoms with Gasteiger partial charge in [-0.15, -0.1) is 0 Å². The summed E-state index contributed by atoms with van der Waals surface area (Å²) in [6.45, 7) is 10.6. The second kappa shape index (κ2) is 9.80. The van der Waals surface area contributed by atoms with Crippen LogP contribution in [0.5, 0.6) is 0 Å². The molecule has 0 aliphatic heterocycles. The van der Waals surface area contributed by atoms with Gasteiger partial charge in [0.15, 0.2) is 0 Å². The standard InChI is InChI=1S/C18H30INO/c1-5-13-20-17(18(6-2,7-3)21-8-4)14-15-9-11-16(19)12-10-15/h9-12,17,20H,5-8,13-14H2,1-4H3. The molecule has 0 amide bonds. The smallest absolute Gasteiger partial charge is 0.0832 e. The van der Waals surface area contributed by atoms with Gasteiger partial charge in [0.05, 0.1) is 5.60 Å². The molecule has 0 bridgehead atoms. The van der Waals surface area contributed by atoms with Gasteiger partial charge in [0.1, 0.15) is 0 Å². The Morgan fingerprint density at radius 2 is 1.71 bits per heavy atom. The fourth-order valence-electron chi connectivity index (χ4n) is 2.95. The van der Waals surface area contributed by atoms with Crippen molar-refractivity contribution in [2.75, 3.05) is 13.2 Å². The van der Waals surface area contributed by atoms with E-state index in [-0.39, 0.29) is 5.60 Å². The molecule has 1 aromatic rings. The van der Waals surface area contributed by atoms with Crippen LogP contribution in [0.3, 0.4) is 0 Å². The van der Waals surface area contributed by atoms with E-state index in [1.54, 1.807) is 0 Å². The monoisotopic (exact) mass is 403 g/mol. The molecule has 2 nitrogen and oxygen atoms in total. The minimum absolute atomic E-state index is 0.0626. The zero-order valence-electron chi connectivity index (χ0n) is 13.9. The van der Waals surface area contributed by atoms with E-state index in [0.29, 0.717) is 6.04 Å². The lowest BCUT2D eigenvalue weighted by atomic mass is 9.84. The van der Waals surface area contributed by atoms with Crippen LogP contribution in [0, 0.1) is 3.57 Å². The Morgan fingerprint density at radius 1 is 1.10 bits per heavy atom. The number of hydrogen-bond donors (Lipinski definition) is 1. The Morgan fingerprint density at radius 3 is 2.19 bits per heavy atom. The number of benzene rings is 1. The molecule has 0 aromatic heterocycles. The number of halogens is 1. The first-order valence-electron chi connectivity index (χ1n) is 8.23. The fraction of sp³-hybridized carbons (Fsp3) is 0.667. The molecule has 1 rings (SSSR count). The van der Waals surface area contributed by atoms with Gasteiger partial charge in [0.2, 0.25) is 0 Å². The summed E-state index contributed by atoms with van der Waals surface area (Å²) in [6, 6.07) is 9.22. The second-order valence-electron chi connectivity index (χ2n) is 5.54. The Kier molecular flexibility index (Phi) is 8.83. The van der Waals surface area contributed by atoms with E-state index in [9.17, 15) is 0 Å². The molecule has 3 heteroatoms. The molecule has 1 aromatic carbocycles. The molecule has 0 heterocycles. The summed E-state index contributed by atoms with van der Waals surface area (Å²) in [7, 11) is 0. The second-order valence-corrected chi connectivity index (χ2v) is 6.79. The van der Waals surface area contributed by atoms with Crippen molar-refractivity contribution in [1.82, 2.24) is 5.32 Å². The molecule has 0 saturated carbocycles. The summed E-state index contributed by atoms with van der Waals surface area (Å²) in [5, 5.41) is 3.73. The van der Waals surface area contributed by atoms with Gasteiger partial charge in [-0.05, 0) is 79.4 Å². The van der Waals surface area contributed by atoms with Crippen LogP contribution >= 0.6 is 22.6 Å². The average molecular weight is 403 g/mol. The highest BCUT2D eigenvalue weighted by Crippen LogP contribution is 2.27. The summed E-state index contributed by atoms with van der Waals surface area (Å²) >= 11 is 2.36. The number of ether oxygens (including phenoxy) is 1. The molecular weight excluding hydrogens is 373 g/mol. The molecule has 0 aliphatic carbocycles. The Labute approximate surface area is 144 Å². The van der Waals surface area contributed by atoms with E-state index in [1.807, 2.05) is 0 Å². The minimum Gasteiger partial charge on any atom is -0.374 e. The van der Waals surface area contributed by atoms with Gasteiger partial charge in [-0.25, -0.2) is 0 Å². The van der Waals surface area contributed by atoms with Crippen LogP contribution in [-0.4, -0.2) is 24.8 Å². The molecule has 120 valence electrons. The lowest BCUT2D eigenvalue weighted by molar-refractivity contribution is -0.0718. The predicted octanol–water partition coefficient (Wildman–Crippen LogP) is 4.80. The third-order valence-electron chi connectivity index (χ3n) is 4.26. The molecule has 0 fully saturated rings. The van der Waals surface area contributed by atoms with E-state index >= 15 is 0 Å². The highest BCUT2D eigenvalue weighted by Gasteiger charge is 2.36. The Balaban J connectivity index is 2.93. The maximum Gasteiger partial charge on any atom is 0.0832 e. The highest BCUT2D eigenvalue weighted by molar-refractivity contribution is 14.1.